The van der Waals surface area contributed by atoms with Gasteiger partial charge < -0.3 is 4.90 Å². The third-order valence-electron chi connectivity index (χ3n) is 3.36. The van der Waals surface area contributed by atoms with Gasteiger partial charge in [0, 0.05) is 11.4 Å². The van der Waals surface area contributed by atoms with Crippen molar-refractivity contribution in [1.82, 2.24) is 0 Å². The molecule has 0 bridgehead atoms. The molecule has 1 aliphatic rings. The molecule has 0 atom stereocenters. The van der Waals surface area contributed by atoms with E-state index < -0.39 is 23.1 Å². The Kier molecular flexibility index (Phi) is 3.92. The normalized spacial score (nSPS) is 14.5. The average molecular weight is 305 g/mol. The summed E-state index contributed by atoms with van der Waals surface area (Å²) in [6, 6.07) is 10.9. The Morgan fingerprint density at radius 3 is 2.52 bits per heavy atom. The molecular formula is C16H13F2NOS. The number of amides is 1. The van der Waals surface area contributed by atoms with Gasteiger partial charge in [0.15, 0.2) is 0 Å². The van der Waals surface area contributed by atoms with Crippen molar-refractivity contribution >= 4 is 23.4 Å². The minimum absolute atomic E-state index is 0.455. The molecule has 2 aromatic rings. The summed E-state index contributed by atoms with van der Waals surface area (Å²) in [5, 5.41) is 0. The first-order valence-electron chi connectivity index (χ1n) is 6.66. The molecule has 1 amide bonds. The number of hydrogen-bond acceptors (Lipinski definition) is 2. The van der Waals surface area contributed by atoms with Crippen LogP contribution in [-0.2, 0) is 0 Å². The van der Waals surface area contributed by atoms with E-state index in [2.05, 4.69) is 0 Å². The number of hydrogen-bond donors (Lipinski definition) is 0. The molecule has 1 aliphatic heterocycles. The van der Waals surface area contributed by atoms with Gasteiger partial charge in [0.1, 0.15) is 17.2 Å². The van der Waals surface area contributed by atoms with Crippen LogP contribution in [0.25, 0.3) is 0 Å². The zero-order valence-corrected chi connectivity index (χ0v) is 12.0. The Labute approximate surface area is 125 Å². The van der Waals surface area contributed by atoms with Crippen LogP contribution in [0.2, 0.25) is 0 Å². The van der Waals surface area contributed by atoms with Crippen LogP contribution in [0.3, 0.4) is 0 Å². The molecule has 2 nitrogen and oxygen atoms in total. The van der Waals surface area contributed by atoms with E-state index in [4.69, 9.17) is 0 Å². The highest BCUT2D eigenvalue weighted by atomic mass is 32.2. The summed E-state index contributed by atoms with van der Waals surface area (Å²) in [5.41, 5.74) is 0.229. The lowest BCUT2D eigenvalue weighted by Crippen LogP contribution is -2.33. The molecule has 0 saturated heterocycles. The maximum atomic E-state index is 13.8. The molecule has 0 aliphatic carbocycles. The van der Waals surface area contributed by atoms with E-state index in [-0.39, 0.29) is 0 Å². The van der Waals surface area contributed by atoms with Crippen LogP contribution >= 0.6 is 11.8 Å². The lowest BCUT2D eigenvalue weighted by Gasteiger charge is -2.23. The lowest BCUT2D eigenvalue weighted by molar-refractivity contribution is 0.0978. The van der Waals surface area contributed by atoms with Crippen molar-refractivity contribution in [2.75, 3.05) is 17.2 Å². The molecule has 5 heteroatoms. The largest absolute Gasteiger partial charge is 0.307 e. The van der Waals surface area contributed by atoms with Gasteiger partial charge >= 0.3 is 0 Å². The third-order valence-corrected chi connectivity index (χ3v) is 4.51. The second-order valence-corrected chi connectivity index (χ2v) is 5.86. The second-order valence-electron chi connectivity index (χ2n) is 4.72. The van der Waals surface area contributed by atoms with E-state index in [9.17, 15) is 13.6 Å². The molecule has 0 spiro atoms. The van der Waals surface area contributed by atoms with Crippen LogP contribution in [0.4, 0.5) is 14.5 Å². The zero-order valence-electron chi connectivity index (χ0n) is 11.2. The number of rotatable bonds is 1. The van der Waals surface area contributed by atoms with Crippen molar-refractivity contribution in [3.63, 3.8) is 0 Å². The number of thioether (sulfide) groups is 1. The fraction of sp³-hybridized carbons (Fsp3) is 0.188. The number of anilines is 1. The molecule has 108 valence electrons. The fourth-order valence-electron chi connectivity index (χ4n) is 2.38. The topological polar surface area (TPSA) is 20.3 Å². The average Bonchev–Trinajstić information content (AvgIpc) is 2.69. The second kappa shape index (κ2) is 5.85. The van der Waals surface area contributed by atoms with Gasteiger partial charge in [0.2, 0.25) is 0 Å². The molecule has 0 saturated carbocycles. The van der Waals surface area contributed by atoms with Crippen LogP contribution in [0.15, 0.2) is 47.4 Å². The highest BCUT2D eigenvalue weighted by Gasteiger charge is 2.26. The maximum Gasteiger partial charge on any atom is 0.264 e. The summed E-state index contributed by atoms with van der Waals surface area (Å²) in [6.07, 6.45) is 0.779. The molecule has 1 heterocycles. The van der Waals surface area contributed by atoms with Gasteiger partial charge in [-0.25, -0.2) is 8.78 Å². The quantitative estimate of drug-likeness (QED) is 0.790. The van der Waals surface area contributed by atoms with Crippen molar-refractivity contribution in [3.8, 4) is 0 Å². The van der Waals surface area contributed by atoms with Gasteiger partial charge in [-0.05, 0) is 36.4 Å². The number of benzene rings is 2. The van der Waals surface area contributed by atoms with Crippen LogP contribution in [0.5, 0.6) is 0 Å². The van der Waals surface area contributed by atoms with E-state index >= 15 is 0 Å². The van der Waals surface area contributed by atoms with Gasteiger partial charge in [-0.2, -0.15) is 0 Å². The Bertz CT molecular complexity index is 669. The van der Waals surface area contributed by atoms with Crippen molar-refractivity contribution in [1.29, 1.82) is 0 Å². The molecule has 2 aromatic carbocycles. The first kappa shape index (κ1) is 14.1. The smallest absolute Gasteiger partial charge is 0.264 e. The van der Waals surface area contributed by atoms with Crippen LogP contribution in [-0.4, -0.2) is 18.2 Å². The Hall–Kier alpha value is -1.88. The summed E-state index contributed by atoms with van der Waals surface area (Å²) in [5.74, 6) is -1.40. The lowest BCUT2D eigenvalue weighted by atomic mass is 10.1. The highest BCUT2D eigenvalue weighted by Crippen LogP contribution is 2.34. The molecule has 3 rings (SSSR count). The predicted octanol–water partition coefficient (Wildman–Crippen LogP) is 4.11. The van der Waals surface area contributed by atoms with Gasteiger partial charge in [0.25, 0.3) is 5.91 Å². The molecule has 0 aromatic heterocycles. The summed E-state index contributed by atoms with van der Waals surface area (Å²) in [6.45, 7) is 0.455. The van der Waals surface area contributed by atoms with E-state index in [1.54, 1.807) is 11.8 Å². The maximum absolute atomic E-state index is 13.8. The summed E-state index contributed by atoms with van der Waals surface area (Å²) in [7, 11) is 0. The number of para-hydroxylation sites is 1. The predicted molar refractivity (Wildman–Crippen MR) is 79.8 cm³/mol. The van der Waals surface area contributed by atoms with Crippen LogP contribution < -0.4 is 4.90 Å². The summed E-state index contributed by atoms with van der Waals surface area (Å²) in [4.78, 5) is 15.0. The van der Waals surface area contributed by atoms with Crippen molar-refractivity contribution in [2.45, 2.75) is 11.3 Å². The molecule has 21 heavy (non-hydrogen) atoms. The SMILES string of the molecule is O=C(c1c(F)cccc1F)N1CCCSc2ccccc21. The standard InChI is InChI=1S/C16H13F2NOS/c17-11-5-3-6-12(18)15(11)16(20)19-9-4-10-21-14-8-2-1-7-13(14)19/h1-3,5-8H,4,9-10H2. The number of halogens is 2. The molecule has 0 N–H and O–H groups in total. The van der Waals surface area contributed by atoms with E-state index in [0.717, 1.165) is 29.2 Å². The zero-order chi connectivity index (χ0) is 14.8. The van der Waals surface area contributed by atoms with Crippen molar-refractivity contribution in [2.24, 2.45) is 0 Å². The number of carbonyl (C=O) groups is 1. The highest BCUT2D eigenvalue weighted by molar-refractivity contribution is 7.99. The first-order valence-corrected chi connectivity index (χ1v) is 7.65. The van der Waals surface area contributed by atoms with Crippen molar-refractivity contribution < 1.29 is 13.6 Å². The van der Waals surface area contributed by atoms with Gasteiger partial charge in [-0.15, -0.1) is 11.8 Å². The van der Waals surface area contributed by atoms with Gasteiger partial charge in [-0.1, -0.05) is 18.2 Å². The molecule has 0 fully saturated rings. The van der Waals surface area contributed by atoms with Gasteiger partial charge in [0.05, 0.1) is 5.69 Å². The van der Waals surface area contributed by atoms with E-state index in [1.165, 1.54) is 11.0 Å². The van der Waals surface area contributed by atoms with Crippen LogP contribution in [0, 0.1) is 11.6 Å². The minimum atomic E-state index is -0.825. The summed E-state index contributed by atoms with van der Waals surface area (Å²) < 4.78 is 27.7. The Morgan fingerprint density at radius 2 is 1.76 bits per heavy atom. The minimum Gasteiger partial charge on any atom is -0.307 e. The van der Waals surface area contributed by atoms with Crippen molar-refractivity contribution in [3.05, 3.63) is 59.7 Å². The number of carbonyl (C=O) groups excluding carboxylic acids is 1. The number of fused-ring (bicyclic) bond motifs is 1. The fourth-order valence-corrected chi connectivity index (χ4v) is 3.37. The third kappa shape index (κ3) is 2.65. The Morgan fingerprint density at radius 1 is 1.05 bits per heavy atom. The monoisotopic (exact) mass is 305 g/mol. The number of nitrogens with zero attached hydrogens (tertiary/aromatic N) is 1. The molecule has 0 radical (unpaired) electrons. The molecule has 0 unspecified atom stereocenters. The Balaban J connectivity index is 2.06. The summed E-state index contributed by atoms with van der Waals surface area (Å²) >= 11 is 1.65. The first-order chi connectivity index (χ1) is 10.2. The van der Waals surface area contributed by atoms with E-state index in [0.29, 0.717) is 12.2 Å². The van der Waals surface area contributed by atoms with Gasteiger partial charge in [-0.3, -0.25) is 4.79 Å². The van der Waals surface area contributed by atoms with Crippen LogP contribution in [0.1, 0.15) is 16.8 Å². The molecular weight excluding hydrogens is 292 g/mol. The van der Waals surface area contributed by atoms with E-state index in [1.807, 2.05) is 24.3 Å².